The zero-order chi connectivity index (χ0) is 15.6. The maximum atomic E-state index is 2.56. The molecular formula is C21H31CoSi. The first-order chi connectivity index (χ1) is 10.6. The van der Waals surface area contributed by atoms with Crippen molar-refractivity contribution in [2.24, 2.45) is 5.92 Å². The van der Waals surface area contributed by atoms with Gasteiger partial charge in [0.2, 0.25) is 0 Å². The van der Waals surface area contributed by atoms with Gasteiger partial charge in [-0.15, -0.1) is 0 Å². The van der Waals surface area contributed by atoms with Gasteiger partial charge < -0.3 is 0 Å². The molecule has 0 saturated heterocycles. The molecule has 2 radical (unpaired) electrons. The summed E-state index contributed by atoms with van der Waals surface area (Å²) in [5, 5.41) is 1.95. The molecule has 0 amide bonds. The molecule has 0 unspecified atom stereocenters. The standard InChI is InChI=1S/C16H26Si.C5H5.Co/c1-17(2,3)16-11-12-7-6-10-13(12)14-8-4-5-9-15(14)16;1-2-4-5-3-1;/h12H,4-11H2,1-3H3;1-5H;/t12-;;/m0../s1. The summed E-state index contributed by atoms with van der Waals surface area (Å²) >= 11 is 0. The van der Waals surface area contributed by atoms with Crippen LogP contribution in [-0.2, 0) is 16.8 Å². The van der Waals surface area contributed by atoms with Crippen molar-refractivity contribution in [2.45, 2.75) is 71.0 Å². The van der Waals surface area contributed by atoms with E-state index in [1.807, 2.05) is 52.6 Å². The number of fused-ring (bicyclic) bond motifs is 2. The summed E-state index contributed by atoms with van der Waals surface area (Å²) in [7, 11) is -1.08. The van der Waals surface area contributed by atoms with E-state index in [9.17, 15) is 0 Å². The first-order valence-electron chi connectivity index (χ1n) is 9.19. The predicted octanol–water partition coefficient (Wildman–Crippen LogP) is 6.55. The third-order valence-electron chi connectivity index (χ3n) is 5.62. The molecule has 2 heteroatoms. The van der Waals surface area contributed by atoms with Gasteiger partial charge in [-0.05, 0) is 68.4 Å². The Labute approximate surface area is 154 Å². The Morgan fingerprint density at radius 3 is 2.04 bits per heavy atom. The van der Waals surface area contributed by atoms with Crippen molar-refractivity contribution in [3.8, 4) is 0 Å². The minimum Gasteiger partial charge on any atom is -0.0771 e. The van der Waals surface area contributed by atoms with Crippen LogP contribution in [0, 0.1) is 12.3 Å². The molecule has 4 rings (SSSR count). The number of hydrogen-bond donors (Lipinski definition) is 0. The quantitative estimate of drug-likeness (QED) is 0.459. The smallest absolute Gasteiger partial charge is 0.0728 e. The van der Waals surface area contributed by atoms with Gasteiger partial charge in [0.15, 0.2) is 0 Å². The van der Waals surface area contributed by atoms with E-state index < -0.39 is 8.07 Å². The molecule has 0 nitrogen and oxygen atoms in total. The maximum Gasteiger partial charge on any atom is 0.0728 e. The monoisotopic (exact) mass is 370 g/mol. The molecule has 0 bridgehead atoms. The van der Waals surface area contributed by atoms with Crippen LogP contribution in [0.1, 0.15) is 51.4 Å². The summed E-state index contributed by atoms with van der Waals surface area (Å²) < 4.78 is 0. The van der Waals surface area contributed by atoms with Crippen LogP contribution in [0.15, 0.2) is 46.2 Å². The minimum absolute atomic E-state index is 0. The number of hydrogen-bond acceptors (Lipinski definition) is 0. The second-order valence-corrected chi connectivity index (χ2v) is 13.3. The second kappa shape index (κ2) is 8.18. The summed E-state index contributed by atoms with van der Waals surface area (Å²) in [6.07, 6.45) is 21.6. The minimum atomic E-state index is -1.08. The summed E-state index contributed by atoms with van der Waals surface area (Å²) in [6, 6.07) is 0. The molecule has 0 aliphatic heterocycles. The van der Waals surface area contributed by atoms with Gasteiger partial charge >= 0.3 is 0 Å². The van der Waals surface area contributed by atoms with Crippen LogP contribution in [0.5, 0.6) is 0 Å². The fourth-order valence-electron chi connectivity index (χ4n) is 4.58. The van der Waals surface area contributed by atoms with Crippen molar-refractivity contribution < 1.29 is 16.8 Å². The van der Waals surface area contributed by atoms with Crippen LogP contribution >= 0.6 is 0 Å². The Bertz CT molecular complexity index is 533. The molecular weight excluding hydrogens is 339 g/mol. The summed E-state index contributed by atoms with van der Waals surface area (Å²) in [5.41, 5.74) is 5.63. The number of allylic oxidation sites excluding steroid dienone is 8. The molecule has 0 aromatic heterocycles. The zero-order valence-corrected chi connectivity index (χ0v) is 17.0. The molecule has 128 valence electrons. The molecule has 0 aromatic rings. The van der Waals surface area contributed by atoms with Gasteiger partial charge in [0.25, 0.3) is 0 Å². The molecule has 1 atom stereocenters. The van der Waals surface area contributed by atoms with E-state index in [1.165, 1.54) is 51.4 Å². The molecule has 4 aliphatic carbocycles. The van der Waals surface area contributed by atoms with Crippen molar-refractivity contribution >= 4 is 8.07 Å². The van der Waals surface area contributed by atoms with Gasteiger partial charge in [-0.2, -0.15) is 0 Å². The van der Waals surface area contributed by atoms with E-state index >= 15 is 0 Å². The summed E-state index contributed by atoms with van der Waals surface area (Å²) in [5.74, 6) is 0.966. The van der Waals surface area contributed by atoms with Crippen molar-refractivity contribution in [2.75, 3.05) is 0 Å². The van der Waals surface area contributed by atoms with Crippen LogP contribution in [0.25, 0.3) is 0 Å². The van der Waals surface area contributed by atoms with Gasteiger partial charge in [-0.25, -0.2) is 0 Å². The van der Waals surface area contributed by atoms with E-state index in [4.69, 9.17) is 0 Å². The van der Waals surface area contributed by atoms with Gasteiger partial charge in [0, 0.05) is 23.2 Å². The Hall–Kier alpha value is -0.317. The van der Waals surface area contributed by atoms with Crippen LogP contribution in [0.3, 0.4) is 0 Å². The third kappa shape index (κ3) is 4.40. The molecule has 2 fully saturated rings. The van der Waals surface area contributed by atoms with Crippen LogP contribution in [0.2, 0.25) is 19.6 Å². The molecule has 0 aromatic carbocycles. The summed E-state index contributed by atoms with van der Waals surface area (Å²) in [4.78, 5) is 0. The van der Waals surface area contributed by atoms with E-state index in [0.29, 0.717) is 0 Å². The van der Waals surface area contributed by atoms with Crippen molar-refractivity contribution in [3.05, 3.63) is 52.6 Å². The first kappa shape index (κ1) is 19.0. The summed E-state index contributed by atoms with van der Waals surface area (Å²) in [6.45, 7) is 7.67. The Morgan fingerprint density at radius 2 is 1.48 bits per heavy atom. The average molecular weight is 370 g/mol. The molecule has 0 heterocycles. The molecule has 4 aliphatic rings. The van der Waals surface area contributed by atoms with Gasteiger partial charge in [-0.1, -0.05) is 54.7 Å². The third-order valence-corrected chi connectivity index (χ3v) is 7.94. The fraction of sp³-hybridized carbons (Fsp3) is 0.571. The Morgan fingerprint density at radius 1 is 0.826 bits per heavy atom. The SMILES string of the molecule is C[Si](C)(C)C1=C2CCCCC2=C2CCC[C@H]2C1.[CH]1C=CC=C1.[Co]. The van der Waals surface area contributed by atoms with E-state index in [1.54, 1.807) is 0 Å². The zero-order valence-electron chi connectivity index (χ0n) is 15.0. The largest absolute Gasteiger partial charge is 0.0771 e. The number of rotatable bonds is 1. The Kier molecular flexibility index (Phi) is 6.76. The van der Waals surface area contributed by atoms with Crippen molar-refractivity contribution in [1.82, 2.24) is 0 Å². The second-order valence-electron chi connectivity index (χ2n) is 8.17. The van der Waals surface area contributed by atoms with Gasteiger partial charge in [-0.3, -0.25) is 0 Å². The molecule has 0 N–H and O–H groups in total. The average Bonchev–Trinajstić information content (AvgIpc) is 3.19. The van der Waals surface area contributed by atoms with Gasteiger partial charge in [0.05, 0.1) is 8.07 Å². The van der Waals surface area contributed by atoms with Crippen molar-refractivity contribution in [1.29, 1.82) is 0 Å². The molecule has 2 saturated carbocycles. The topological polar surface area (TPSA) is 0 Å². The normalized spacial score (nSPS) is 25.6. The van der Waals surface area contributed by atoms with E-state index in [2.05, 4.69) is 19.6 Å². The maximum absolute atomic E-state index is 2.56. The van der Waals surface area contributed by atoms with E-state index in [0.717, 1.165) is 5.92 Å². The van der Waals surface area contributed by atoms with Crippen LogP contribution < -0.4 is 0 Å². The van der Waals surface area contributed by atoms with E-state index in [-0.39, 0.29) is 16.8 Å². The van der Waals surface area contributed by atoms with Gasteiger partial charge in [0.1, 0.15) is 0 Å². The molecule has 0 spiro atoms. The van der Waals surface area contributed by atoms with Crippen LogP contribution in [0.4, 0.5) is 0 Å². The van der Waals surface area contributed by atoms with Crippen LogP contribution in [-0.4, -0.2) is 8.07 Å². The first-order valence-corrected chi connectivity index (χ1v) is 12.7. The predicted molar refractivity (Wildman–Crippen MR) is 100 cm³/mol. The van der Waals surface area contributed by atoms with Crippen molar-refractivity contribution in [3.63, 3.8) is 0 Å². The Balaban J connectivity index is 0.000000276. The fourth-order valence-corrected chi connectivity index (χ4v) is 6.62. The molecule has 23 heavy (non-hydrogen) atoms.